The Morgan fingerprint density at radius 3 is 1.80 bits per heavy atom. The molecule has 0 saturated heterocycles. The van der Waals surface area contributed by atoms with Gasteiger partial charge in [0.15, 0.2) is 0 Å². The second-order valence-electron chi connectivity index (χ2n) is 3.98. The number of hydrogen-bond acceptors (Lipinski definition) is 8. The van der Waals surface area contributed by atoms with Crippen molar-refractivity contribution in [3.8, 4) is 0 Å². The molecule has 0 amide bonds. The molecule has 4 N–H and O–H groups in total. The van der Waals surface area contributed by atoms with E-state index in [0.717, 1.165) is 11.0 Å². The highest BCUT2D eigenvalue weighted by molar-refractivity contribution is 5.72. The quantitative estimate of drug-likeness (QED) is 0.625. The van der Waals surface area contributed by atoms with Crippen molar-refractivity contribution in [2.45, 2.75) is 19.4 Å². The molecule has 0 aliphatic carbocycles. The van der Waals surface area contributed by atoms with Gasteiger partial charge in [-0.15, -0.1) is 0 Å². The van der Waals surface area contributed by atoms with E-state index in [0.29, 0.717) is 6.42 Å². The van der Waals surface area contributed by atoms with E-state index in [4.69, 9.17) is 20.8 Å². The largest absolute Gasteiger partial charge is 0.290 e. The summed E-state index contributed by atoms with van der Waals surface area (Å²) in [6.07, 6.45) is 3.80. The van der Waals surface area contributed by atoms with Crippen molar-refractivity contribution in [3.63, 3.8) is 0 Å². The molecule has 0 aliphatic heterocycles. The van der Waals surface area contributed by atoms with E-state index in [9.17, 15) is 0 Å². The minimum atomic E-state index is -0.685. The van der Waals surface area contributed by atoms with E-state index < -0.39 is 6.04 Å². The van der Waals surface area contributed by atoms with Crippen molar-refractivity contribution in [2.75, 3.05) is 6.54 Å². The molecule has 1 aromatic heterocycles. The van der Waals surface area contributed by atoms with Gasteiger partial charge >= 0.3 is 0 Å². The number of benzene rings is 1. The third-order valence-electron chi connectivity index (χ3n) is 2.55. The van der Waals surface area contributed by atoms with E-state index in [1.165, 1.54) is 0 Å². The molecule has 20 heavy (non-hydrogen) atoms. The number of aromatic nitrogens is 2. The van der Waals surface area contributed by atoms with Crippen LogP contribution in [0.2, 0.25) is 0 Å². The maximum absolute atomic E-state index is 8.40. The van der Waals surface area contributed by atoms with Crippen LogP contribution in [0.25, 0.3) is 11.0 Å². The van der Waals surface area contributed by atoms with Gasteiger partial charge in [-0.3, -0.25) is 30.8 Å². The van der Waals surface area contributed by atoms with Crippen molar-refractivity contribution in [2.24, 2.45) is 0 Å². The highest BCUT2D eigenvalue weighted by Crippen LogP contribution is 2.04. The Hall–Kier alpha value is -1.68. The fourth-order valence-electron chi connectivity index (χ4n) is 1.46. The predicted octanol–water partition coefficient (Wildman–Crippen LogP) is 1.56. The number of rotatable bonds is 4. The lowest BCUT2D eigenvalue weighted by Crippen LogP contribution is -2.38. The molecule has 2 rings (SSSR count). The lowest BCUT2D eigenvalue weighted by atomic mass is 10.2. The third-order valence-corrected chi connectivity index (χ3v) is 2.55. The molecular weight excluding hydrogens is 264 g/mol. The molecule has 0 aliphatic rings. The zero-order valence-corrected chi connectivity index (χ0v) is 11.0. The van der Waals surface area contributed by atoms with Crippen LogP contribution < -0.4 is 0 Å². The number of hydroxylamine groups is 4. The second-order valence-corrected chi connectivity index (χ2v) is 3.98. The molecule has 110 valence electrons. The van der Waals surface area contributed by atoms with Gasteiger partial charge in [-0.2, -0.15) is 0 Å². The number of hydrogen-bond donors (Lipinski definition) is 4. The van der Waals surface area contributed by atoms with Gasteiger partial charge in [0.05, 0.1) is 23.6 Å². The van der Waals surface area contributed by atoms with Crippen LogP contribution in [0.5, 0.6) is 0 Å². The molecule has 2 aromatic rings. The van der Waals surface area contributed by atoms with Crippen LogP contribution in [-0.2, 0) is 0 Å². The number of para-hydroxylation sites is 2. The smallest absolute Gasteiger partial charge is 0.0886 e. The van der Waals surface area contributed by atoms with Crippen molar-refractivity contribution in [3.05, 3.63) is 36.7 Å². The number of nitrogens with zero attached hydrogens (tertiary/aromatic N) is 4. The SMILES string of the molecule is CCC(CN(O)O)N(O)O.c1ccc2nccnc2c1. The first-order valence-electron chi connectivity index (χ1n) is 6.02. The third kappa shape index (κ3) is 5.53. The Bertz CT molecular complexity index is 444. The molecule has 0 saturated carbocycles. The molecule has 1 atom stereocenters. The summed E-state index contributed by atoms with van der Waals surface area (Å²) in [5.41, 5.74) is 1.90. The van der Waals surface area contributed by atoms with E-state index in [2.05, 4.69) is 9.97 Å². The van der Waals surface area contributed by atoms with Crippen molar-refractivity contribution < 1.29 is 20.8 Å². The second kappa shape index (κ2) is 8.48. The van der Waals surface area contributed by atoms with Gasteiger partial charge in [-0.1, -0.05) is 29.5 Å². The van der Waals surface area contributed by atoms with Crippen LogP contribution in [0.4, 0.5) is 0 Å². The zero-order chi connectivity index (χ0) is 15.0. The maximum Gasteiger partial charge on any atom is 0.0886 e. The lowest BCUT2D eigenvalue weighted by molar-refractivity contribution is -0.367. The zero-order valence-electron chi connectivity index (χ0n) is 11.0. The molecule has 8 nitrogen and oxygen atoms in total. The van der Waals surface area contributed by atoms with Gasteiger partial charge < -0.3 is 0 Å². The molecule has 0 radical (unpaired) electrons. The first kappa shape index (κ1) is 16.4. The molecule has 0 spiro atoms. The Balaban J connectivity index is 0.000000200. The highest BCUT2D eigenvalue weighted by Gasteiger charge is 2.14. The van der Waals surface area contributed by atoms with E-state index in [-0.39, 0.29) is 17.0 Å². The van der Waals surface area contributed by atoms with Crippen LogP contribution in [0, 0.1) is 0 Å². The van der Waals surface area contributed by atoms with Gasteiger partial charge in [0, 0.05) is 12.4 Å². The minimum absolute atomic E-state index is 0.0422. The van der Waals surface area contributed by atoms with Crippen molar-refractivity contribution in [1.29, 1.82) is 0 Å². The van der Waals surface area contributed by atoms with Gasteiger partial charge in [0.2, 0.25) is 0 Å². The summed E-state index contributed by atoms with van der Waals surface area (Å²) in [7, 11) is 0. The van der Waals surface area contributed by atoms with Gasteiger partial charge in [-0.25, -0.2) is 0 Å². The standard InChI is InChI=1S/C8H6N2.C4H12N2O4/c1-2-4-8-7(3-1)9-5-6-10-8;1-2-4(6(9)10)3-5(7)8/h1-6H;4,7-10H,2-3H2,1H3. The van der Waals surface area contributed by atoms with E-state index in [1.54, 1.807) is 19.3 Å². The van der Waals surface area contributed by atoms with Crippen LogP contribution in [0.15, 0.2) is 36.7 Å². The van der Waals surface area contributed by atoms with Crippen molar-refractivity contribution in [1.82, 2.24) is 20.4 Å². The summed E-state index contributed by atoms with van der Waals surface area (Å²) in [6.45, 7) is 1.46. The van der Waals surface area contributed by atoms with Gasteiger partial charge in [0.1, 0.15) is 0 Å². The first-order chi connectivity index (χ1) is 9.54. The molecular formula is C12H18N4O4. The summed E-state index contributed by atoms with van der Waals surface area (Å²) in [4.78, 5) is 8.24. The summed E-state index contributed by atoms with van der Waals surface area (Å²) in [5.74, 6) is 0. The fraction of sp³-hybridized carbons (Fsp3) is 0.333. The Morgan fingerprint density at radius 1 is 1.00 bits per heavy atom. The van der Waals surface area contributed by atoms with Crippen LogP contribution in [-0.4, -0.2) is 53.8 Å². The summed E-state index contributed by atoms with van der Waals surface area (Å²) in [6, 6.07) is 7.12. The van der Waals surface area contributed by atoms with Gasteiger partial charge in [0.25, 0.3) is 0 Å². The normalized spacial score (nSPS) is 12.3. The van der Waals surface area contributed by atoms with Crippen LogP contribution >= 0.6 is 0 Å². The summed E-state index contributed by atoms with van der Waals surface area (Å²) < 4.78 is 0. The van der Waals surface area contributed by atoms with Crippen LogP contribution in [0.3, 0.4) is 0 Å². The molecule has 0 fully saturated rings. The topological polar surface area (TPSA) is 113 Å². The van der Waals surface area contributed by atoms with Crippen LogP contribution in [0.1, 0.15) is 13.3 Å². The maximum atomic E-state index is 8.40. The molecule has 1 unspecified atom stereocenters. The molecule has 8 heteroatoms. The average Bonchev–Trinajstić information content (AvgIpc) is 2.45. The minimum Gasteiger partial charge on any atom is -0.290 e. The first-order valence-corrected chi connectivity index (χ1v) is 6.02. The number of fused-ring (bicyclic) bond motifs is 1. The van der Waals surface area contributed by atoms with Crippen molar-refractivity contribution >= 4 is 11.0 Å². The summed E-state index contributed by atoms with van der Waals surface area (Å²) >= 11 is 0. The fourth-order valence-corrected chi connectivity index (χ4v) is 1.46. The summed E-state index contributed by atoms with van der Waals surface area (Å²) in [5, 5.41) is 33.2. The monoisotopic (exact) mass is 282 g/mol. The molecule has 1 heterocycles. The Labute approximate surface area is 116 Å². The predicted molar refractivity (Wildman–Crippen MR) is 69.3 cm³/mol. The average molecular weight is 282 g/mol. The van der Waals surface area contributed by atoms with Gasteiger partial charge in [-0.05, 0) is 18.6 Å². The Morgan fingerprint density at radius 2 is 1.50 bits per heavy atom. The highest BCUT2D eigenvalue weighted by atomic mass is 16.8. The Kier molecular flexibility index (Phi) is 6.94. The van der Waals surface area contributed by atoms with E-state index >= 15 is 0 Å². The molecule has 1 aromatic carbocycles. The van der Waals surface area contributed by atoms with E-state index in [1.807, 2.05) is 24.3 Å². The molecule has 0 bridgehead atoms. The lowest BCUT2D eigenvalue weighted by Gasteiger charge is -2.19.